The highest BCUT2D eigenvalue weighted by Crippen LogP contribution is 2.25. The van der Waals surface area contributed by atoms with Crippen molar-refractivity contribution in [1.82, 2.24) is 4.90 Å². The molecular formula is C21H19ClN4O7. The fraction of sp³-hybridized carbons (Fsp3) is 0.238. The van der Waals surface area contributed by atoms with Crippen LogP contribution in [0.25, 0.3) is 6.08 Å². The molecule has 172 valence electrons. The first-order chi connectivity index (χ1) is 15.7. The molecule has 0 spiro atoms. The Bertz CT molecular complexity index is 1100. The first-order valence-corrected chi connectivity index (χ1v) is 10.2. The molecule has 0 bridgehead atoms. The quantitative estimate of drug-likeness (QED) is 0.258. The Labute approximate surface area is 193 Å². The molecule has 1 aliphatic rings. The lowest BCUT2D eigenvalue weighted by Gasteiger charge is -2.36. The fourth-order valence-electron chi connectivity index (χ4n) is 3.21. The summed E-state index contributed by atoms with van der Waals surface area (Å²) in [5.41, 5.74) is 0.941. The van der Waals surface area contributed by atoms with E-state index in [4.69, 9.17) is 16.3 Å². The number of nitrogens with zero attached hydrogens (tertiary/aromatic N) is 4. The maximum Gasteiger partial charge on any atom is 0.331 e. The molecule has 0 N–H and O–H groups in total. The van der Waals surface area contributed by atoms with Crippen molar-refractivity contribution >= 4 is 46.6 Å². The normalized spacial score (nSPS) is 13.7. The zero-order valence-corrected chi connectivity index (χ0v) is 18.0. The predicted molar refractivity (Wildman–Crippen MR) is 120 cm³/mol. The van der Waals surface area contributed by atoms with Crippen LogP contribution in [-0.2, 0) is 14.3 Å². The zero-order chi connectivity index (χ0) is 24.0. The summed E-state index contributed by atoms with van der Waals surface area (Å²) in [7, 11) is 0. The van der Waals surface area contributed by atoms with E-state index in [1.54, 1.807) is 17.0 Å². The average Bonchev–Trinajstić information content (AvgIpc) is 2.82. The van der Waals surface area contributed by atoms with Crippen LogP contribution in [0.1, 0.15) is 5.56 Å². The molecule has 11 nitrogen and oxygen atoms in total. The number of hydrogen-bond acceptors (Lipinski definition) is 8. The summed E-state index contributed by atoms with van der Waals surface area (Å²) in [6.07, 6.45) is 2.41. The van der Waals surface area contributed by atoms with Crippen LogP contribution in [0.3, 0.4) is 0 Å². The third kappa shape index (κ3) is 6.26. The largest absolute Gasteiger partial charge is 0.452 e. The molecule has 1 fully saturated rings. The summed E-state index contributed by atoms with van der Waals surface area (Å²) >= 11 is 5.75. The smallest absolute Gasteiger partial charge is 0.331 e. The molecule has 1 heterocycles. The zero-order valence-electron chi connectivity index (χ0n) is 17.3. The molecule has 0 radical (unpaired) electrons. The van der Waals surface area contributed by atoms with E-state index in [2.05, 4.69) is 0 Å². The molecule has 0 saturated carbocycles. The Morgan fingerprint density at radius 3 is 2.27 bits per heavy atom. The molecule has 0 aromatic heterocycles. The number of amides is 1. The van der Waals surface area contributed by atoms with E-state index in [1.165, 1.54) is 36.4 Å². The highest BCUT2D eigenvalue weighted by atomic mass is 35.5. The monoisotopic (exact) mass is 474 g/mol. The maximum atomic E-state index is 12.3. The van der Waals surface area contributed by atoms with Crippen molar-refractivity contribution in [3.63, 3.8) is 0 Å². The van der Waals surface area contributed by atoms with Gasteiger partial charge in [-0.25, -0.2) is 4.79 Å². The van der Waals surface area contributed by atoms with Gasteiger partial charge in [-0.2, -0.15) is 0 Å². The number of piperazine rings is 1. The lowest BCUT2D eigenvalue weighted by Crippen LogP contribution is -2.49. The van der Waals surface area contributed by atoms with Crippen LogP contribution in [-0.4, -0.2) is 59.4 Å². The molecule has 1 amide bonds. The standard InChI is InChI=1S/C21H19ClN4O7/c22-18-7-1-15(13-19(18)26(31)32)2-8-21(28)33-14-20(27)24-11-9-23(10-12-24)16-3-5-17(6-4-16)25(29)30/h1-8,13H,9-12,14H2/b8-2+. The molecule has 0 unspecified atom stereocenters. The van der Waals surface area contributed by atoms with Gasteiger partial charge in [-0.3, -0.25) is 25.0 Å². The molecule has 2 aromatic carbocycles. The third-order valence-electron chi connectivity index (χ3n) is 4.97. The number of carbonyl (C=O) groups excluding carboxylic acids is 2. The number of hydrogen-bond donors (Lipinski definition) is 0. The van der Waals surface area contributed by atoms with Crippen LogP contribution in [0.5, 0.6) is 0 Å². The molecular weight excluding hydrogens is 456 g/mol. The number of benzene rings is 2. The third-order valence-corrected chi connectivity index (χ3v) is 5.29. The Balaban J connectivity index is 1.46. The molecule has 2 aromatic rings. The number of non-ortho nitro benzene ring substituents is 1. The van der Waals surface area contributed by atoms with E-state index in [0.717, 1.165) is 11.8 Å². The van der Waals surface area contributed by atoms with Gasteiger partial charge < -0.3 is 14.5 Å². The summed E-state index contributed by atoms with van der Waals surface area (Å²) in [6.45, 7) is 1.47. The highest BCUT2D eigenvalue weighted by molar-refractivity contribution is 6.32. The number of ether oxygens (including phenoxy) is 1. The number of esters is 1. The molecule has 1 aliphatic heterocycles. The van der Waals surface area contributed by atoms with Gasteiger partial charge in [0.05, 0.1) is 9.85 Å². The van der Waals surface area contributed by atoms with E-state index in [-0.39, 0.29) is 22.3 Å². The van der Waals surface area contributed by atoms with Gasteiger partial charge in [0.2, 0.25) is 0 Å². The number of rotatable bonds is 7. The highest BCUT2D eigenvalue weighted by Gasteiger charge is 2.22. The summed E-state index contributed by atoms with van der Waals surface area (Å²) < 4.78 is 4.97. The molecule has 1 saturated heterocycles. The molecule has 33 heavy (non-hydrogen) atoms. The Hall–Kier alpha value is -3.99. The fourth-order valence-corrected chi connectivity index (χ4v) is 3.40. The van der Waals surface area contributed by atoms with Crippen molar-refractivity contribution < 1.29 is 24.2 Å². The first-order valence-electron chi connectivity index (χ1n) is 9.80. The Morgan fingerprint density at radius 1 is 1.00 bits per heavy atom. The van der Waals surface area contributed by atoms with E-state index in [1.807, 2.05) is 4.90 Å². The molecule has 0 aliphatic carbocycles. The van der Waals surface area contributed by atoms with Gasteiger partial charge in [-0.15, -0.1) is 0 Å². The van der Waals surface area contributed by atoms with Crippen molar-refractivity contribution in [2.45, 2.75) is 0 Å². The topological polar surface area (TPSA) is 136 Å². The van der Waals surface area contributed by atoms with E-state index < -0.39 is 22.4 Å². The molecule has 3 rings (SSSR count). The van der Waals surface area contributed by atoms with Gasteiger partial charge >= 0.3 is 5.97 Å². The van der Waals surface area contributed by atoms with Gasteiger partial charge in [-0.1, -0.05) is 17.7 Å². The second-order valence-electron chi connectivity index (χ2n) is 7.05. The summed E-state index contributed by atoms with van der Waals surface area (Å²) in [5, 5.41) is 21.7. The molecule has 12 heteroatoms. The summed E-state index contributed by atoms with van der Waals surface area (Å²) in [4.78, 5) is 48.4. The molecule has 0 atom stereocenters. The Morgan fingerprint density at radius 2 is 1.67 bits per heavy atom. The predicted octanol–water partition coefficient (Wildman–Crippen LogP) is 3.06. The first kappa shape index (κ1) is 23.7. The second-order valence-corrected chi connectivity index (χ2v) is 7.46. The van der Waals surface area contributed by atoms with Crippen LogP contribution in [0, 0.1) is 20.2 Å². The van der Waals surface area contributed by atoms with Crippen molar-refractivity contribution in [2.24, 2.45) is 0 Å². The Kier molecular flexibility index (Phi) is 7.57. The lowest BCUT2D eigenvalue weighted by atomic mass is 10.2. The van der Waals surface area contributed by atoms with E-state index in [0.29, 0.717) is 31.7 Å². The van der Waals surface area contributed by atoms with Crippen LogP contribution in [0.15, 0.2) is 48.5 Å². The summed E-state index contributed by atoms with van der Waals surface area (Å²) in [6, 6.07) is 10.3. The lowest BCUT2D eigenvalue weighted by molar-refractivity contribution is -0.385. The number of nitro groups is 2. The maximum absolute atomic E-state index is 12.3. The van der Waals surface area contributed by atoms with Gasteiger partial charge in [-0.05, 0) is 29.8 Å². The second kappa shape index (κ2) is 10.6. The minimum atomic E-state index is -0.759. The van der Waals surface area contributed by atoms with Crippen LogP contribution >= 0.6 is 11.6 Å². The number of nitro benzene ring substituents is 2. The van der Waals surface area contributed by atoms with Gasteiger partial charge in [0.1, 0.15) is 5.02 Å². The van der Waals surface area contributed by atoms with Crippen LogP contribution in [0.4, 0.5) is 17.1 Å². The minimum Gasteiger partial charge on any atom is -0.452 e. The van der Waals surface area contributed by atoms with Crippen molar-refractivity contribution in [3.8, 4) is 0 Å². The van der Waals surface area contributed by atoms with Gasteiger partial charge in [0.15, 0.2) is 6.61 Å². The van der Waals surface area contributed by atoms with E-state index in [9.17, 15) is 29.8 Å². The van der Waals surface area contributed by atoms with Crippen molar-refractivity contribution in [1.29, 1.82) is 0 Å². The van der Waals surface area contributed by atoms with Gasteiger partial charge in [0.25, 0.3) is 17.3 Å². The SMILES string of the molecule is O=C(/C=C/c1ccc(Cl)c([N+](=O)[O-])c1)OCC(=O)N1CCN(c2ccc([N+](=O)[O-])cc2)CC1. The number of halogens is 1. The van der Waals surface area contributed by atoms with E-state index >= 15 is 0 Å². The number of carbonyl (C=O) groups is 2. The minimum absolute atomic E-state index is 0.0118. The summed E-state index contributed by atoms with van der Waals surface area (Å²) in [5.74, 6) is -1.10. The average molecular weight is 475 g/mol. The number of anilines is 1. The van der Waals surface area contributed by atoms with Crippen molar-refractivity contribution in [2.75, 3.05) is 37.7 Å². The van der Waals surface area contributed by atoms with Crippen LogP contribution in [0.2, 0.25) is 5.02 Å². The van der Waals surface area contributed by atoms with Crippen LogP contribution < -0.4 is 4.90 Å². The van der Waals surface area contributed by atoms with Crippen molar-refractivity contribution in [3.05, 3.63) is 79.4 Å². The van der Waals surface area contributed by atoms with Gasteiger partial charge in [0, 0.05) is 56.1 Å².